The smallest absolute Gasteiger partial charge is 0.228 e. The van der Waals surface area contributed by atoms with E-state index in [0.717, 1.165) is 26.4 Å². The predicted molar refractivity (Wildman–Crippen MR) is 128 cm³/mol. The molecule has 0 spiro atoms. The van der Waals surface area contributed by atoms with Gasteiger partial charge in [0.15, 0.2) is 16.2 Å². The summed E-state index contributed by atoms with van der Waals surface area (Å²) >= 11 is 1.40. The Kier molecular flexibility index (Phi) is 4.82. The molecule has 2 heterocycles. The van der Waals surface area contributed by atoms with Gasteiger partial charge in [-0.15, -0.1) is 11.3 Å². The number of hydrogen-bond acceptors (Lipinski definition) is 6. The van der Waals surface area contributed by atoms with Gasteiger partial charge < -0.3 is 4.42 Å². The van der Waals surface area contributed by atoms with Crippen molar-refractivity contribution < 1.29 is 9.21 Å². The second-order valence-corrected chi connectivity index (χ2v) is 9.08. The average molecular weight is 448 g/mol. The van der Waals surface area contributed by atoms with Crippen LogP contribution in [0.25, 0.3) is 33.5 Å². The quantitative estimate of drug-likeness (QED) is 0.256. The van der Waals surface area contributed by atoms with E-state index in [-0.39, 0.29) is 11.4 Å². The first-order valence-electron chi connectivity index (χ1n) is 10.3. The number of carbonyl (C=O) groups is 1. The minimum Gasteiger partial charge on any atom is -0.435 e. The van der Waals surface area contributed by atoms with Gasteiger partial charge in [-0.2, -0.15) is 15.5 Å². The molecule has 1 aliphatic rings. The van der Waals surface area contributed by atoms with E-state index < -0.39 is 0 Å². The van der Waals surface area contributed by atoms with E-state index >= 15 is 0 Å². The number of nitriles is 2. The molecule has 0 aliphatic heterocycles. The fourth-order valence-corrected chi connectivity index (χ4v) is 5.33. The van der Waals surface area contributed by atoms with Gasteiger partial charge in [0, 0.05) is 33.2 Å². The molecule has 4 aromatic rings. The number of carbonyl (C=O) groups excluding carboxylic acids is 1. The molecule has 0 N–H and O–H groups in total. The Bertz CT molecular complexity index is 1560. The summed E-state index contributed by atoms with van der Waals surface area (Å²) < 4.78 is 6.07. The number of aryl methyl sites for hydroxylation is 3. The normalized spacial score (nSPS) is 13.9. The molecule has 2 aromatic carbocycles. The highest BCUT2D eigenvalue weighted by Crippen LogP contribution is 2.41. The van der Waals surface area contributed by atoms with Crippen LogP contribution in [0.15, 0.2) is 58.0 Å². The van der Waals surface area contributed by atoms with Gasteiger partial charge in [0.25, 0.3) is 0 Å². The molecule has 0 fully saturated rings. The molecule has 1 aliphatic carbocycles. The number of nitrogens with zero attached hydrogens (tertiary/aromatic N) is 3. The largest absolute Gasteiger partial charge is 0.435 e. The Morgan fingerprint density at radius 2 is 1.70 bits per heavy atom. The molecule has 5 rings (SSSR count). The lowest BCUT2D eigenvalue weighted by atomic mass is 9.99. The Morgan fingerprint density at radius 3 is 2.33 bits per heavy atom. The van der Waals surface area contributed by atoms with Gasteiger partial charge in [-0.05, 0) is 43.5 Å². The van der Waals surface area contributed by atoms with Crippen LogP contribution in [0.2, 0.25) is 0 Å². The molecule has 0 radical (unpaired) electrons. The van der Waals surface area contributed by atoms with Gasteiger partial charge in [0.2, 0.25) is 5.89 Å². The maximum absolute atomic E-state index is 13.1. The molecule has 5 nitrogen and oxygen atoms in total. The summed E-state index contributed by atoms with van der Waals surface area (Å²) in [6.45, 7) is 6.15. The molecular weight excluding hydrogens is 430 g/mol. The maximum Gasteiger partial charge on any atom is 0.228 e. The third-order valence-corrected chi connectivity index (χ3v) is 6.67. The lowest BCUT2D eigenvalue weighted by Crippen LogP contribution is -1.95. The topological polar surface area (TPSA) is 90.7 Å². The number of Topliss-reactive ketones (excluding diaryl/α,β-unsaturated/α-hetero) is 1. The van der Waals surface area contributed by atoms with Gasteiger partial charge >= 0.3 is 0 Å². The van der Waals surface area contributed by atoms with Gasteiger partial charge in [0.05, 0.1) is 0 Å². The summed E-state index contributed by atoms with van der Waals surface area (Å²) in [5.74, 6) is 0.375. The Labute approximate surface area is 194 Å². The third kappa shape index (κ3) is 3.29. The summed E-state index contributed by atoms with van der Waals surface area (Å²) in [6.07, 6.45) is 1.72. The van der Waals surface area contributed by atoms with Crippen molar-refractivity contribution in [2.24, 2.45) is 0 Å². The second-order valence-electron chi connectivity index (χ2n) is 8.02. The van der Waals surface area contributed by atoms with Crippen molar-refractivity contribution >= 4 is 39.2 Å². The summed E-state index contributed by atoms with van der Waals surface area (Å²) in [7, 11) is 0. The molecule has 158 valence electrons. The van der Waals surface area contributed by atoms with Crippen LogP contribution in [0.1, 0.15) is 37.5 Å². The molecular formula is C27H17N3O2S. The monoisotopic (exact) mass is 447 g/mol. The second kappa shape index (κ2) is 7.70. The fourth-order valence-electron chi connectivity index (χ4n) is 4.44. The summed E-state index contributed by atoms with van der Waals surface area (Å²) in [5, 5.41) is 18.9. The maximum atomic E-state index is 13.1. The lowest BCUT2D eigenvalue weighted by Gasteiger charge is -2.07. The van der Waals surface area contributed by atoms with Crippen LogP contribution < -0.4 is 0 Å². The van der Waals surface area contributed by atoms with E-state index in [0.29, 0.717) is 33.7 Å². The molecule has 33 heavy (non-hydrogen) atoms. The average Bonchev–Trinajstić information content (AvgIpc) is 3.41. The summed E-state index contributed by atoms with van der Waals surface area (Å²) in [6, 6.07) is 17.0. The minimum absolute atomic E-state index is 0.0782. The zero-order valence-corrected chi connectivity index (χ0v) is 19.0. The van der Waals surface area contributed by atoms with Gasteiger partial charge in [-0.25, -0.2) is 0 Å². The standard InChI is InChI=1S/C27H17N3O2S/c1-14-8-15(2)23(16(3)9-14)26-30-27-22(32-26)11-18(33-27)10-21-24(17(12-28)13-29)19-6-4-5-7-20(19)25(21)31/h4-11H,1-3H3/b21-10-. The van der Waals surface area contributed by atoms with Crippen molar-refractivity contribution in [2.45, 2.75) is 20.8 Å². The van der Waals surface area contributed by atoms with Crippen molar-refractivity contribution in [3.8, 4) is 23.6 Å². The Morgan fingerprint density at radius 1 is 1.03 bits per heavy atom. The van der Waals surface area contributed by atoms with Crippen molar-refractivity contribution in [3.63, 3.8) is 0 Å². The number of fused-ring (bicyclic) bond motifs is 2. The first-order chi connectivity index (χ1) is 15.9. The molecule has 0 unspecified atom stereocenters. The molecule has 2 aromatic heterocycles. The minimum atomic E-state index is -0.201. The van der Waals surface area contributed by atoms with Crippen LogP contribution in [0, 0.1) is 43.4 Å². The van der Waals surface area contributed by atoms with Gasteiger partial charge in [-0.3, -0.25) is 4.79 Å². The van der Waals surface area contributed by atoms with E-state index in [9.17, 15) is 15.3 Å². The first kappa shape index (κ1) is 20.6. The van der Waals surface area contributed by atoms with Crippen LogP contribution in [0.4, 0.5) is 0 Å². The Balaban J connectivity index is 1.61. The van der Waals surface area contributed by atoms with Crippen LogP contribution in [-0.4, -0.2) is 10.8 Å². The SMILES string of the molecule is Cc1cc(C)c(-c2nc3sc(/C=C4\C(=O)c5ccccc5C4=C(C#N)C#N)cc3o2)c(C)c1. The highest BCUT2D eigenvalue weighted by Gasteiger charge is 2.32. The van der Waals surface area contributed by atoms with E-state index in [1.807, 2.05) is 32.1 Å². The Hall–Kier alpha value is -4.26. The van der Waals surface area contributed by atoms with Crippen LogP contribution >= 0.6 is 11.3 Å². The van der Waals surface area contributed by atoms with E-state index in [1.54, 1.807) is 30.3 Å². The van der Waals surface area contributed by atoms with Crippen LogP contribution in [-0.2, 0) is 0 Å². The van der Waals surface area contributed by atoms with Crippen molar-refractivity contribution in [1.82, 2.24) is 4.98 Å². The number of oxazole rings is 1. The van der Waals surface area contributed by atoms with E-state index in [1.165, 1.54) is 16.9 Å². The summed E-state index contributed by atoms with van der Waals surface area (Å²) in [5.41, 5.74) is 6.77. The molecule has 0 saturated heterocycles. The molecule has 0 saturated carbocycles. The molecule has 0 amide bonds. The molecule has 6 heteroatoms. The van der Waals surface area contributed by atoms with E-state index in [2.05, 4.69) is 19.1 Å². The highest BCUT2D eigenvalue weighted by atomic mass is 32.1. The first-order valence-corrected chi connectivity index (χ1v) is 11.1. The number of ketones is 1. The number of rotatable bonds is 2. The van der Waals surface area contributed by atoms with Crippen LogP contribution in [0.3, 0.4) is 0 Å². The molecule has 0 bridgehead atoms. The summed E-state index contributed by atoms with van der Waals surface area (Å²) in [4.78, 5) is 19.3. The van der Waals surface area contributed by atoms with E-state index in [4.69, 9.17) is 9.40 Å². The molecule has 0 atom stereocenters. The van der Waals surface area contributed by atoms with Crippen molar-refractivity contribution in [3.05, 3.63) is 86.3 Å². The fraction of sp³-hybridized carbons (Fsp3) is 0.111. The number of thiophene rings is 1. The van der Waals surface area contributed by atoms with Crippen molar-refractivity contribution in [2.75, 3.05) is 0 Å². The van der Waals surface area contributed by atoms with Crippen molar-refractivity contribution in [1.29, 1.82) is 10.5 Å². The van der Waals surface area contributed by atoms with Gasteiger partial charge in [0.1, 0.15) is 17.7 Å². The number of allylic oxidation sites excluding steroid dienone is 3. The van der Waals surface area contributed by atoms with Gasteiger partial charge in [-0.1, -0.05) is 42.0 Å². The highest BCUT2D eigenvalue weighted by molar-refractivity contribution is 7.19. The van der Waals surface area contributed by atoms with Crippen LogP contribution in [0.5, 0.6) is 0 Å². The number of hydrogen-bond donors (Lipinski definition) is 0. The number of benzene rings is 2. The zero-order valence-electron chi connectivity index (χ0n) is 18.2. The third-order valence-electron chi connectivity index (χ3n) is 5.71. The lowest BCUT2D eigenvalue weighted by molar-refractivity contribution is 0.104. The zero-order chi connectivity index (χ0) is 23.3. The number of aromatic nitrogens is 1. The predicted octanol–water partition coefficient (Wildman–Crippen LogP) is 6.56.